The second-order valence-electron chi connectivity index (χ2n) is 3.58. The molecular formula is C12H11Cl2N. The maximum atomic E-state index is 5.97. The van der Waals surface area contributed by atoms with E-state index in [4.69, 9.17) is 23.2 Å². The van der Waals surface area contributed by atoms with Crippen LogP contribution in [0.15, 0.2) is 30.3 Å². The highest BCUT2D eigenvalue weighted by atomic mass is 35.5. The fourth-order valence-corrected chi connectivity index (χ4v) is 2.26. The number of hydrogen-bond donors (Lipinski definition) is 0. The van der Waals surface area contributed by atoms with Crippen molar-refractivity contribution in [1.82, 2.24) is 4.57 Å². The Morgan fingerprint density at radius 1 is 0.867 bits per heavy atom. The lowest BCUT2D eigenvalue weighted by Crippen LogP contribution is -1.98. The van der Waals surface area contributed by atoms with Gasteiger partial charge >= 0.3 is 0 Å². The zero-order valence-electron chi connectivity index (χ0n) is 8.59. The predicted octanol–water partition coefficient (Wildman–Crippen LogP) is 4.40. The minimum Gasteiger partial charge on any atom is -0.318 e. The zero-order valence-corrected chi connectivity index (χ0v) is 10.1. The minimum atomic E-state index is 0.657. The van der Waals surface area contributed by atoms with Gasteiger partial charge in [-0.15, -0.1) is 0 Å². The van der Waals surface area contributed by atoms with Gasteiger partial charge in [0.2, 0.25) is 0 Å². The van der Waals surface area contributed by atoms with Gasteiger partial charge in [0.15, 0.2) is 0 Å². The molecule has 0 atom stereocenters. The number of aromatic nitrogens is 1. The lowest BCUT2D eigenvalue weighted by molar-refractivity contribution is 0.966. The molecule has 2 aromatic rings. The highest BCUT2D eigenvalue weighted by Crippen LogP contribution is 2.24. The normalized spacial score (nSPS) is 10.7. The molecule has 0 fully saturated rings. The number of hydrogen-bond acceptors (Lipinski definition) is 0. The number of rotatable bonds is 1. The van der Waals surface area contributed by atoms with Crippen molar-refractivity contribution < 1.29 is 0 Å². The van der Waals surface area contributed by atoms with Crippen LogP contribution in [0, 0.1) is 13.8 Å². The van der Waals surface area contributed by atoms with E-state index in [0.29, 0.717) is 10.0 Å². The lowest BCUT2D eigenvalue weighted by atomic mass is 10.3. The molecule has 0 aliphatic heterocycles. The van der Waals surface area contributed by atoms with E-state index in [1.165, 1.54) is 11.4 Å². The molecule has 0 saturated carbocycles. The second kappa shape index (κ2) is 3.92. The van der Waals surface area contributed by atoms with Gasteiger partial charge in [-0.05, 0) is 44.2 Å². The van der Waals surface area contributed by atoms with Crippen LogP contribution in [0.2, 0.25) is 10.0 Å². The molecule has 0 spiro atoms. The van der Waals surface area contributed by atoms with Gasteiger partial charge in [-0.3, -0.25) is 0 Å². The largest absolute Gasteiger partial charge is 0.318 e. The summed E-state index contributed by atoms with van der Waals surface area (Å²) in [5.74, 6) is 0. The molecule has 0 unspecified atom stereocenters. The Bertz CT molecular complexity index is 461. The van der Waals surface area contributed by atoms with Crippen LogP contribution in [0.5, 0.6) is 0 Å². The molecule has 3 heteroatoms. The van der Waals surface area contributed by atoms with Crippen LogP contribution in [0.25, 0.3) is 5.69 Å². The average molecular weight is 240 g/mol. The predicted molar refractivity (Wildman–Crippen MR) is 65.3 cm³/mol. The van der Waals surface area contributed by atoms with E-state index in [0.717, 1.165) is 5.69 Å². The molecule has 1 aromatic heterocycles. The summed E-state index contributed by atoms with van der Waals surface area (Å²) in [6.07, 6.45) is 0. The first kappa shape index (κ1) is 10.6. The van der Waals surface area contributed by atoms with Crippen LogP contribution in [0.3, 0.4) is 0 Å². The summed E-state index contributed by atoms with van der Waals surface area (Å²) < 4.78 is 2.12. The standard InChI is InChI=1S/C12H11Cl2N/c1-8-3-4-9(2)15(8)12-6-10(13)5-11(14)7-12/h3-7H,1-2H3. The molecule has 15 heavy (non-hydrogen) atoms. The smallest absolute Gasteiger partial charge is 0.0484 e. The maximum Gasteiger partial charge on any atom is 0.0484 e. The second-order valence-corrected chi connectivity index (χ2v) is 4.45. The topological polar surface area (TPSA) is 4.93 Å². The summed E-state index contributed by atoms with van der Waals surface area (Å²) in [7, 11) is 0. The fourth-order valence-electron chi connectivity index (χ4n) is 1.74. The Kier molecular flexibility index (Phi) is 2.76. The molecule has 0 aliphatic rings. The Morgan fingerprint density at radius 2 is 1.33 bits per heavy atom. The molecule has 0 aliphatic carbocycles. The van der Waals surface area contributed by atoms with Crippen LogP contribution in [-0.4, -0.2) is 4.57 Å². The monoisotopic (exact) mass is 239 g/mol. The Hall–Kier alpha value is -0.920. The van der Waals surface area contributed by atoms with E-state index in [1.807, 2.05) is 12.1 Å². The highest BCUT2D eigenvalue weighted by molar-refractivity contribution is 6.34. The number of nitrogens with zero attached hydrogens (tertiary/aromatic N) is 1. The first-order valence-electron chi connectivity index (χ1n) is 4.69. The summed E-state index contributed by atoms with van der Waals surface area (Å²) >= 11 is 11.9. The summed E-state index contributed by atoms with van der Waals surface area (Å²) in [6, 6.07) is 9.70. The molecule has 1 nitrogen and oxygen atoms in total. The maximum absolute atomic E-state index is 5.97. The van der Waals surface area contributed by atoms with Crippen molar-refractivity contribution in [3.63, 3.8) is 0 Å². The van der Waals surface area contributed by atoms with Crippen molar-refractivity contribution >= 4 is 23.2 Å². The average Bonchev–Trinajstić information content (AvgIpc) is 2.44. The van der Waals surface area contributed by atoms with E-state index in [9.17, 15) is 0 Å². The molecule has 0 N–H and O–H groups in total. The third kappa shape index (κ3) is 2.04. The molecule has 0 amide bonds. The van der Waals surface area contributed by atoms with Crippen LogP contribution < -0.4 is 0 Å². The quantitative estimate of drug-likeness (QED) is 0.696. The van der Waals surface area contributed by atoms with Crippen molar-refractivity contribution in [2.45, 2.75) is 13.8 Å². The molecule has 0 saturated heterocycles. The van der Waals surface area contributed by atoms with E-state index in [-0.39, 0.29) is 0 Å². The van der Waals surface area contributed by atoms with Crippen LogP contribution in [0.4, 0.5) is 0 Å². The van der Waals surface area contributed by atoms with E-state index < -0.39 is 0 Å². The Balaban J connectivity index is 2.63. The molecule has 0 radical (unpaired) electrons. The van der Waals surface area contributed by atoms with Gasteiger partial charge in [0.25, 0.3) is 0 Å². The van der Waals surface area contributed by atoms with Crippen molar-refractivity contribution in [2.75, 3.05) is 0 Å². The van der Waals surface area contributed by atoms with Gasteiger partial charge in [-0.25, -0.2) is 0 Å². The fraction of sp³-hybridized carbons (Fsp3) is 0.167. The highest BCUT2D eigenvalue weighted by Gasteiger charge is 2.05. The van der Waals surface area contributed by atoms with Gasteiger partial charge in [0, 0.05) is 27.1 Å². The first-order chi connectivity index (χ1) is 7.08. The van der Waals surface area contributed by atoms with Gasteiger partial charge < -0.3 is 4.57 Å². The lowest BCUT2D eigenvalue weighted by Gasteiger charge is -2.10. The van der Waals surface area contributed by atoms with Crippen molar-refractivity contribution in [2.24, 2.45) is 0 Å². The number of benzene rings is 1. The molecule has 78 valence electrons. The molecule has 1 heterocycles. The van der Waals surface area contributed by atoms with E-state index >= 15 is 0 Å². The van der Waals surface area contributed by atoms with Crippen LogP contribution >= 0.6 is 23.2 Å². The van der Waals surface area contributed by atoms with Crippen molar-refractivity contribution in [1.29, 1.82) is 0 Å². The third-order valence-electron chi connectivity index (χ3n) is 2.38. The third-order valence-corrected chi connectivity index (χ3v) is 2.81. The van der Waals surface area contributed by atoms with Gasteiger partial charge in [-0.2, -0.15) is 0 Å². The Morgan fingerprint density at radius 3 is 1.80 bits per heavy atom. The molecular weight excluding hydrogens is 229 g/mol. The van der Waals surface area contributed by atoms with E-state index in [1.54, 1.807) is 6.07 Å². The van der Waals surface area contributed by atoms with Crippen molar-refractivity contribution in [3.05, 3.63) is 51.8 Å². The summed E-state index contributed by atoms with van der Waals surface area (Å²) in [6.45, 7) is 4.11. The molecule has 1 aromatic carbocycles. The minimum absolute atomic E-state index is 0.657. The summed E-state index contributed by atoms with van der Waals surface area (Å²) in [4.78, 5) is 0. The number of aryl methyl sites for hydroxylation is 2. The first-order valence-corrected chi connectivity index (χ1v) is 5.45. The molecule has 0 bridgehead atoms. The molecule has 2 rings (SSSR count). The van der Waals surface area contributed by atoms with E-state index in [2.05, 4.69) is 30.5 Å². The zero-order chi connectivity index (χ0) is 11.0. The number of halogens is 2. The summed E-state index contributed by atoms with van der Waals surface area (Å²) in [5, 5.41) is 1.31. The van der Waals surface area contributed by atoms with Gasteiger partial charge in [-0.1, -0.05) is 23.2 Å². The van der Waals surface area contributed by atoms with Gasteiger partial charge in [0.1, 0.15) is 0 Å². The van der Waals surface area contributed by atoms with Crippen molar-refractivity contribution in [3.8, 4) is 5.69 Å². The van der Waals surface area contributed by atoms with Crippen LogP contribution in [-0.2, 0) is 0 Å². The van der Waals surface area contributed by atoms with Crippen LogP contribution in [0.1, 0.15) is 11.4 Å². The summed E-state index contributed by atoms with van der Waals surface area (Å²) in [5.41, 5.74) is 3.35. The SMILES string of the molecule is Cc1ccc(C)n1-c1cc(Cl)cc(Cl)c1. The van der Waals surface area contributed by atoms with Gasteiger partial charge in [0.05, 0.1) is 0 Å². The Labute approximate surface area is 99.2 Å².